The monoisotopic (exact) mass is 603 g/mol. The number of amides is 2. The molecule has 2 amide bonds. The van der Waals surface area contributed by atoms with Crippen molar-refractivity contribution in [3.63, 3.8) is 0 Å². The second-order valence-electron chi connectivity index (χ2n) is 9.86. The van der Waals surface area contributed by atoms with Crippen LogP contribution in [-0.2, 0) is 26.2 Å². The number of carbonyl (C=O) groups excluding carboxylic acids is 2. The Morgan fingerprint density at radius 2 is 1.57 bits per heavy atom. The van der Waals surface area contributed by atoms with E-state index in [-0.39, 0.29) is 23.4 Å². The molecule has 0 aliphatic heterocycles. The number of hydrogen-bond acceptors (Lipinski definition) is 4. The molecule has 0 unspecified atom stereocenters. The molecule has 0 aliphatic carbocycles. The first-order valence-corrected chi connectivity index (χ1v) is 15.2. The standard InChI is InChI=1S/C30H35Cl2N3O4S/c1-6-22(4)33-30(37)23(5)34(18-24-13-15-27(31)28(32)17-24)29(36)19-35(25-14-12-20(2)21(3)16-25)40(38,39)26-10-8-7-9-11-26/h7-17,22-23H,6,18-19H2,1-5H3,(H,33,37)/t22-,23+/m1/s1. The number of nitrogens with zero attached hydrogens (tertiary/aromatic N) is 2. The Morgan fingerprint density at radius 3 is 2.17 bits per heavy atom. The van der Waals surface area contributed by atoms with Gasteiger partial charge in [0.15, 0.2) is 0 Å². The van der Waals surface area contributed by atoms with Crippen molar-refractivity contribution >= 4 is 50.7 Å². The number of aryl methyl sites for hydroxylation is 2. The molecule has 1 N–H and O–H groups in total. The number of benzene rings is 3. The van der Waals surface area contributed by atoms with Gasteiger partial charge in [-0.25, -0.2) is 8.42 Å². The smallest absolute Gasteiger partial charge is 0.264 e. The van der Waals surface area contributed by atoms with E-state index in [1.165, 1.54) is 17.0 Å². The normalized spacial score (nSPS) is 12.9. The minimum absolute atomic E-state index is 0.0248. The zero-order valence-corrected chi connectivity index (χ0v) is 25.6. The molecule has 0 bridgehead atoms. The lowest BCUT2D eigenvalue weighted by Gasteiger charge is -2.32. The molecule has 0 spiro atoms. The van der Waals surface area contributed by atoms with Crippen LogP contribution < -0.4 is 9.62 Å². The molecule has 3 rings (SSSR count). The van der Waals surface area contributed by atoms with Gasteiger partial charge in [0, 0.05) is 12.6 Å². The van der Waals surface area contributed by atoms with Crippen molar-refractivity contribution in [1.29, 1.82) is 0 Å². The van der Waals surface area contributed by atoms with Gasteiger partial charge < -0.3 is 10.2 Å². The third-order valence-electron chi connectivity index (χ3n) is 6.89. The number of nitrogens with one attached hydrogen (secondary N) is 1. The first kappa shape index (κ1) is 31.5. The molecule has 0 fully saturated rings. The van der Waals surface area contributed by atoms with Gasteiger partial charge in [0.1, 0.15) is 12.6 Å². The highest BCUT2D eigenvalue weighted by Crippen LogP contribution is 2.27. The van der Waals surface area contributed by atoms with Gasteiger partial charge in [0.25, 0.3) is 10.0 Å². The Kier molecular flexibility index (Phi) is 10.6. The minimum atomic E-state index is -4.12. The molecule has 3 aromatic rings. The Bertz CT molecular complexity index is 1470. The molecular formula is C30H35Cl2N3O4S. The van der Waals surface area contributed by atoms with E-state index in [2.05, 4.69) is 5.32 Å². The summed E-state index contributed by atoms with van der Waals surface area (Å²) >= 11 is 12.3. The Hall–Kier alpha value is -3.07. The molecule has 10 heteroatoms. The molecule has 0 aromatic heterocycles. The second-order valence-corrected chi connectivity index (χ2v) is 12.5. The van der Waals surface area contributed by atoms with Gasteiger partial charge in [-0.2, -0.15) is 0 Å². The van der Waals surface area contributed by atoms with Crippen molar-refractivity contribution in [2.45, 2.75) is 64.6 Å². The van der Waals surface area contributed by atoms with E-state index in [0.717, 1.165) is 21.9 Å². The van der Waals surface area contributed by atoms with Crippen molar-refractivity contribution in [3.05, 3.63) is 93.5 Å². The van der Waals surface area contributed by atoms with Crippen molar-refractivity contribution in [3.8, 4) is 0 Å². The molecular weight excluding hydrogens is 569 g/mol. The van der Waals surface area contributed by atoms with Crippen LogP contribution in [0.3, 0.4) is 0 Å². The zero-order chi connectivity index (χ0) is 29.6. The predicted molar refractivity (Wildman–Crippen MR) is 161 cm³/mol. The van der Waals surface area contributed by atoms with E-state index in [4.69, 9.17) is 23.2 Å². The van der Waals surface area contributed by atoms with Crippen LogP contribution in [0, 0.1) is 13.8 Å². The van der Waals surface area contributed by atoms with Crippen molar-refractivity contribution < 1.29 is 18.0 Å². The van der Waals surface area contributed by atoms with Crippen molar-refractivity contribution in [1.82, 2.24) is 10.2 Å². The van der Waals surface area contributed by atoms with Crippen LogP contribution in [0.1, 0.15) is 43.9 Å². The molecule has 0 radical (unpaired) electrons. The predicted octanol–water partition coefficient (Wildman–Crippen LogP) is 6.14. The minimum Gasteiger partial charge on any atom is -0.352 e. The maximum absolute atomic E-state index is 14.0. The number of rotatable bonds is 11. The lowest BCUT2D eigenvalue weighted by molar-refractivity contribution is -0.139. The maximum Gasteiger partial charge on any atom is 0.264 e. The van der Waals surface area contributed by atoms with Crippen LogP contribution in [0.4, 0.5) is 5.69 Å². The van der Waals surface area contributed by atoms with Gasteiger partial charge in [-0.05, 0) is 87.2 Å². The number of halogens is 2. The largest absolute Gasteiger partial charge is 0.352 e. The molecule has 214 valence electrons. The molecule has 0 aliphatic rings. The highest BCUT2D eigenvalue weighted by Gasteiger charge is 2.33. The molecule has 0 saturated heterocycles. The van der Waals surface area contributed by atoms with E-state index in [1.54, 1.807) is 55.5 Å². The fraction of sp³-hybridized carbons (Fsp3) is 0.333. The molecule has 0 heterocycles. The second kappa shape index (κ2) is 13.5. The molecule has 40 heavy (non-hydrogen) atoms. The van der Waals surface area contributed by atoms with Crippen LogP contribution >= 0.6 is 23.2 Å². The van der Waals surface area contributed by atoms with Crippen LogP contribution in [0.2, 0.25) is 10.0 Å². The van der Waals surface area contributed by atoms with Gasteiger partial charge in [0.05, 0.1) is 20.6 Å². The van der Waals surface area contributed by atoms with Gasteiger partial charge in [0.2, 0.25) is 11.8 Å². The summed E-state index contributed by atoms with van der Waals surface area (Å²) in [4.78, 5) is 28.6. The lowest BCUT2D eigenvalue weighted by atomic mass is 10.1. The third-order valence-corrected chi connectivity index (χ3v) is 9.42. The van der Waals surface area contributed by atoms with Gasteiger partial charge in [-0.1, -0.05) is 60.5 Å². The fourth-order valence-electron chi connectivity index (χ4n) is 4.01. The van der Waals surface area contributed by atoms with E-state index in [0.29, 0.717) is 21.3 Å². The number of sulfonamides is 1. The Morgan fingerprint density at radius 1 is 0.900 bits per heavy atom. The summed E-state index contributed by atoms with van der Waals surface area (Å²) in [6, 6.07) is 17.2. The highest BCUT2D eigenvalue weighted by molar-refractivity contribution is 7.92. The van der Waals surface area contributed by atoms with Crippen LogP contribution in [0.15, 0.2) is 71.6 Å². The SMILES string of the molecule is CC[C@@H](C)NC(=O)[C@H](C)N(Cc1ccc(Cl)c(Cl)c1)C(=O)CN(c1ccc(C)c(C)c1)S(=O)(=O)c1ccccc1. The summed E-state index contributed by atoms with van der Waals surface area (Å²) in [5.41, 5.74) is 2.87. The molecule has 7 nitrogen and oxygen atoms in total. The van der Waals surface area contributed by atoms with Crippen molar-refractivity contribution in [2.24, 2.45) is 0 Å². The van der Waals surface area contributed by atoms with E-state index < -0.39 is 28.5 Å². The average Bonchev–Trinajstić information content (AvgIpc) is 2.93. The quantitative estimate of drug-likeness (QED) is 0.285. The topological polar surface area (TPSA) is 86.8 Å². The summed E-state index contributed by atoms with van der Waals surface area (Å²) in [6.07, 6.45) is 0.717. The summed E-state index contributed by atoms with van der Waals surface area (Å²) in [5, 5.41) is 3.59. The van der Waals surface area contributed by atoms with Gasteiger partial charge >= 0.3 is 0 Å². The van der Waals surface area contributed by atoms with Crippen LogP contribution in [0.25, 0.3) is 0 Å². The van der Waals surface area contributed by atoms with E-state index in [1.807, 2.05) is 33.8 Å². The lowest BCUT2D eigenvalue weighted by Crippen LogP contribution is -2.52. The van der Waals surface area contributed by atoms with Crippen LogP contribution in [0.5, 0.6) is 0 Å². The molecule has 3 aromatic carbocycles. The Labute approximate surface area is 247 Å². The van der Waals surface area contributed by atoms with Gasteiger partial charge in [-0.15, -0.1) is 0 Å². The number of hydrogen-bond donors (Lipinski definition) is 1. The summed E-state index contributed by atoms with van der Waals surface area (Å²) < 4.78 is 28.8. The Balaban J connectivity index is 2.05. The van der Waals surface area contributed by atoms with E-state index in [9.17, 15) is 18.0 Å². The molecule has 0 saturated carbocycles. The first-order chi connectivity index (χ1) is 18.8. The fourth-order valence-corrected chi connectivity index (χ4v) is 5.76. The van der Waals surface area contributed by atoms with Gasteiger partial charge in [-0.3, -0.25) is 13.9 Å². The van der Waals surface area contributed by atoms with Crippen molar-refractivity contribution in [2.75, 3.05) is 10.8 Å². The summed E-state index contributed by atoms with van der Waals surface area (Å²) in [6.45, 7) is 8.77. The third kappa shape index (κ3) is 7.56. The number of anilines is 1. The molecule has 2 atom stereocenters. The average molecular weight is 605 g/mol. The summed E-state index contributed by atoms with van der Waals surface area (Å²) in [5.74, 6) is -0.887. The zero-order valence-electron chi connectivity index (χ0n) is 23.3. The highest BCUT2D eigenvalue weighted by atomic mass is 35.5. The number of carbonyl (C=O) groups is 2. The van der Waals surface area contributed by atoms with Crippen LogP contribution in [-0.4, -0.2) is 43.8 Å². The first-order valence-electron chi connectivity index (χ1n) is 13.0. The maximum atomic E-state index is 14.0. The summed E-state index contributed by atoms with van der Waals surface area (Å²) in [7, 11) is -4.12. The van der Waals surface area contributed by atoms with E-state index >= 15 is 0 Å².